The maximum absolute atomic E-state index is 13.7. The van der Waals surface area contributed by atoms with E-state index in [1.807, 2.05) is 51.1 Å². The van der Waals surface area contributed by atoms with Crippen LogP contribution in [-0.2, 0) is 20.8 Å². The van der Waals surface area contributed by atoms with Gasteiger partial charge in [0.15, 0.2) is 0 Å². The molecule has 2 bridgehead atoms. The molecule has 0 radical (unpaired) electrons. The molecule has 2 heterocycles. The van der Waals surface area contributed by atoms with E-state index in [-0.39, 0.29) is 24.2 Å². The highest BCUT2D eigenvalue weighted by atomic mass is 32.1. The monoisotopic (exact) mass is 452 g/mol. The first-order valence-electron chi connectivity index (χ1n) is 11.3. The number of carbonyl (C=O) groups is 3. The van der Waals surface area contributed by atoms with Crippen LogP contribution in [0.1, 0.15) is 62.9 Å². The van der Waals surface area contributed by atoms with Gasteiger partial charge >= 0.3 is 0 Å². The Kier molecular flexibility index (Phi) is 4.96. The fourth-order valence-corrected chi connectivity index (χ4v) is 6.17. The summed E-state index contributed by atoms with van der Waals surface area (Å²) in [5, 5.41) is 12.5. The fourth-order valence-electron chi connectivity index (χ4n) is 5.25. The molecule has 3 fully saturated rings. The van der Waals surface area contributed by atoms with Crippen LogP contribution >= 0.6 is 11.3 Å². The number of piperidine rings is 1. The molecule has 0 spiro atoms. The maximum Gasteiger partial charge on any atom is 0.249 e. The first-order chi connectivity index (χ1) is 15.2. The number of carbonyl (C=O) groups excluding carboxylic acids is 3. The number of likely N-dealkylation sites (tertiary alicyclic amines) is 1. The van der Waals surface area contributed by atoms with Gasteiger partial charge in [0.2, 0.25) is 22.9 Å². The molecule has 1 N–H and O–H groups in total. The number of hydrogen-bond acceptors (Lipinski definition) is 6. The Hall–Kier alpha value is -2.61. The lowest BCUT2D eigenvalue weighted by atomic mass is 9.62. The van der Waals surface area contributed by atoms with E-state index >= 15 is 0 Å². The van der Waals surface area contributed by atoms with Crippen LogP contribution in [0, 0.1) is 16.7 Å². The van der Waals surface area contributed by atoms with Crippen LogP contribution in [0.3, 0.4) is 0 Å². The average molecular weight is 453 g/mol. The zero-order valence-corrected chi connectivity index (χ0v) is 19.4. The summed E-state index contributed by atoms with van der Waals surface area (Å²) in [5.41, 5.74) is -0.196. The van der Waals surface area contributed by atoms with Crippen molar-refractivity contribution in [2.45, 2.75) is 64.8 Å². The van der Waals surface area contributed by atoms with Crippen molar-refractivity contribution in [1.29, 1.82) is 0 Å². The van der Waals surface area contributed by atoms with Crippen LogP contribution in [0.4, 0.5) is 5.13 Å². The van der Waals surface area contributed by atoms with Crippen LogP contribution < -0.4 is 5.32 Å². The van der Waals surface area contributed by atoms with Gasteiger partial charge < -0.3 is 0 Å². The lowest BCUT2D eigenvalue weighted by Gasteiger charge is -2.49. The van der Waals surface area contributed by atoms with Gasteiger partial charge in [-0.1, -0.05) is 62.4 Å². The van der Waals surface area contributed by atoms with E-state index in [2.05, 4.69) is 15.5 Å². The normalized spacial score (nSPS) is 27.5. The van der Waals surface area contributed by atoms with Gasteiger partial charge in [0.1, 0.15) is 11.0 Å². The summed E-state index contributed by atoms with van der Waals surface area (Å²) in [6.45, 7) is 5.95. The summed E-state index contributed by atoms with van der Waals surface area (Å²) >= 11 is 1.37. The van der Waals surface area contributed by atoms with E-state index in [0.717, 1.165) is 23.4 Å². The van der Waals surface area contributed by atoms with E-state index in [1.54, 1.807) is 0 Å². The third kappa shape index (κ3) is 3.27. The van der Waals surface area contributed by atoms with Gasteiger partial charge in [-0.25, -0.2) is 0 Å². The number of aromatic nitrogens is 2. The number of benzene rings is 1. The van der Waals surface area contributed by atoms with Crippen LogP contribution in [0.15, 0.2) is 30.3 Å². The van der Waals surface area contributed by atoms with Crippen molar-refractivity contribution < 1.29 is 14.4 Å². The Bertz CT molecular complexity index is 1080. The van der Waals surface area contributed by atoms with Gasteiger partial charge in [-0.3, -0.25) is 24.6 Å². The molecule has 1 aromatic carbocycles. The van der Waals surface area contributed by atoms with E-state index in [4.69, 9.17) is 0 Å². The molecule has 2 saturated carbocycles. The highest BCUT2D eigenvalue weighted by molar-refractivity contribution is 7.15. The van der Waals surface area contributed by atoms with Crippen LogP contribution in [0.5, 0.6) is 0 Å². The molecule has 2 aromatic rings. The molecule has 7 nitrogen and oxygen atoms in total. The molecule has 5 rings (SSSR count). The van der Waals surface area contributed by atoms with Crippen molar-refractivity contribution in [2.75, 3.05) is 5.32 Å². The third-order valence-electron chi connectivity index (χ3n) is 7.94. The Morgan fingerprint density at radius 1 is 1.16 bits per heavy atom. The molecule has 2 aliphatic carbocycles. The topological polar surface area (TPSA) is 92.3 Å². The lowest BCUT2D eigenvalue weighted by Crippen LogP contribution is -2.64. The third-order valence-corrected chi connectivity index (χ3v) is 8.94. The van der Waals surface area contributed by atoms with Crippen molar-refractivity contribution in [3.05, 3.63) is 40.9 Å². The van der Waals surface area contributed by atoms with Gasteiger partial charge in [0.25, 0.3) is 0 Å². The summed E-state index contributed by atoms with van der Waals surface area (Å²) < 4.78 is 0. The number of imide groups is 1. The molecule has 3 aliphatic rings. The average Bonchev–Trinajstić information content (AvgIpc) is 3.47. The van der Waals surface area contributed by atoms with Crippen LogP contribution in [0.2, 0.25) is 0 Å². The number of rotatable bonds is 6. The largest absolute Gasteiger partial charge is 0.299 e. The number of hydrogen-bond donors (Lipinski definition) is 1. The second-order valence-electron chi connectivity index (χ2n) is 10.1. The molecule has 1 saturated heterocycles. The van der Waals surface area contributed by atoms with Crippen LogP contribution in [-0.4, -0.2) is 38.9 Å². The minimum absolute atomic E-state index is 0.234. The fraction of sp³-hybridized carbons (Fsp3) is 0.542. The number of anilines is 1. The first-order valence-corrected chi connectivity index (χ1v) is 12.1. The maximum atomic E-state index is 13.7. The van der Waals surface area contributed by atoms with Crippen molar-refractivity contribution >= 4 is 34.2 Å². The second-order valence-corrected chi connectivity index (χ2v) is 11.1. The zero-order chi connectivity index (χ0) is 22.7. The molecule has 3 amide bonds. The summed E-state index contributed by atoms with van der Waals surface area (Å²) in [4.78, 5) is 42.0. The standard InChI is InChI=1S/C24H28N4O3S/c1-23(2)16-11-12-24(23,3)21(31)28(20(16)30)17(13-14-7-5-4-6-8-14)18(29)25-22-27-26-19(32-22)15-9-10-15/h4-8,15-17H,9-13H2,1-3H3,(H,25,27,29). The Morgan fingerprint density at radius 2 is 1.88 bits per heavy atom. The summed E-state index contributed by atoms with van der Waals surface area (Å²) in [6.07, 6.45) is 3.80. The summed E-state index contributed by atoms with van der Waals surface area (Å²) in [7, 11) is 0. The van der Waals surface area contributed by atoms with Crippen molar-refractivity contribution in [2.24, 2.45) is 16.7 Å². The van der Waals surface area contributed by atoms with Crippen LogP contribution in [0.25, 0.3) is 0 Å². The lowest BCUT2D eigenvalue weighted by molar-refractivity contribution is -0.172. The molecular weight excluding hydrogens is 424 g/mol. The molecule has 168 valence electrons. The van der Waals surface area contributed by atoms with Crippen molar-refractivity contribution in [1.82, 2.24) is 15.1 Å². The number of nitrogens with zero attached hydrogens (tertiary/aromatic N) is 3. The predicted octanol–water partition coefficient (Wildman–Crippen LogP) is 3.78. The molecule has 3 atom stereocenters. The summed E-state index contributed by atoms with van der Waals surface area (Å²) in [6, 6.07) is 8.59. The van der Waals surface area contributed by atoms with Gasteiger partial charge in [-0.05, 0) is 36.7 Å². The van der Waals surface area contributed by atoms with Gasteiger partial charge in [-0.2, -0.15) is 0 Å². The number of nitrogens with one attached hydrogen (secondary N) is 1. The first kappa shape index (κ1) is 21.2. The highest BCUT2D eigenvalue weighted by Crippen LogP contribution is 2.60. The Morgan fingerprint density at radius 3 is 2.56 bits per heavy atom. The van der Waals surface area contributed by atoms with Crippen molar-refractivity contribution in [3.63, 3.8) is 0 Å². The van der Waals surface area contributed by atoms with E-state index < -0.39 is 22.8 Å². The Labute approximate surface area is 191 Å². The molecular formula is C24H28N4O3S. The van der Waals surface area contributed by atoms with Gasteiger partial charge in [0.05, 0.1) is 5.41 Å². The molecule has 8 heteroatoms. The van der Waals surface area contributed by atoms with E-state index in [9.17, 15) is 14.4 Å². The smallest absolute Gasteiger partial charge is 0.249 e. The number of amides is 3. The number of fused-ring (bicyclic) bond motifs is 2. The van der Waals surface area contributed by atoms with E-state index in [1.165, 1.54) is 16.2 Å². The highest BCUT2D eigenvalue weighted by Gasteiger charge is 2.65. The second kappa shape index (κ2) is 7.47. The zero-order valence-electron chi connectivity index (χ0n) is 18.6. The minimum Gasteiger partial charge on any atom is -0.299 e. The predicted molar refractivity (Wildman–Crippen MR) is 121 cm³/mol. The quantitative estimate of drug-likeness (QED) is 0.674. The molecule has 32 heavy (non-hydrogen) atoms. The van der Waals surface area contributed by atoms with Gasteiger partial charge in [-0.15, -0.1) is 10.2 Å². The SMILES string of the molecule is CC12CCC(C(=O)N(C(Cc3ccccc3)C(=O)Nc3nnc(C4CC4)s3)C1=O)C2(C)C. The summed E-state index contributed by atoms with van der Waals surface area (Å²) in [5.74, 6) is -0.687. The molecule has 1 aliphatic heterocycles. The molecule has 3 unspecified atom stereocenters. The minimum atomic E-state index is -0.929. The Balaban J connectivity index is 1.47. The molecule has 1 aromatic heterocycles. The van der Waals surface area contributed by atoms with Crippen molar-refractivity contribution in [3.8, 4) is 0 Å². The van der Waals surface area contributed by atoms with Gasteiger partial charge in [0, 0.05) is 18.3 Å². The van der Waals surface area contributed by atoms with E-state index in [0.29, 0.717) is 23.9 Å².